The predicted molar refractivity (Wildman–Crippen MR) is 98.3 cm³/mol. The predicted octanol–water partition coefficient (Wildman–Crippen LogP) is 2.50. The van der Waals surface area contributed by atoms with E-state index in [1.807, 2.05) is 30.5 Å². The molecule has 0 radical (unpaired) electrons. The molecule has 0 saturated carbocycles. The summed E-state index contributed by atoms with van der Waals surface area (Å²) in [6.45, 7) is 6.46. The van der Waals surface area contributed by atoms with Crippen molar-refractivity contribution in [3.8, 4) is 0 Å². The second kappa shape index (κ2) is 7.64. The molecule has 1 aliphatic heterocycles. The van der Waals surface area contributed by atoms with Crippen LogP contribution in [0.1, 0.15) is 24.1 Å². The molecule has 1 fully saturated rings. The summed E-state index contributed by atoms with van der Waals surface area (Å²) in [7, 11) is 2.16. The molecule has 0 bridgehead atoms. The molecule has 2 N–H and O–H groups in total. The zero-order chi connectivity index (χ0) is 16.9. The van der Waals surface area contributed by atoms with Crippen molar-refractivity contribution >= 4 is 11.5 Å². The van der Waals surface area contributed by atoms with Crippen LogP contribution in [-0.4, -0.2) is 48.2 Å². The SMILES string of the molecule is CC(Nc1ccc(N2CCN(C)CC2)cn1)c1cccc(CO)c1. The lowest BCUT2D eigenvalue weighted by atomic mass is 10.1. The van der Waals surface area contributed by atoms with E-state index in [1.165, 1.54) is 5.69 Å². The number of piperazine rings is 1. The average molecular weight is 326 g/mol. The second-order valence-electron chi connectivity index (χ2n) is 6.46. The van der Waals surface area contributed by atoms with E-state index in [-0.39, 0.29) is 12.6 Å². The van der Waals surface area contributed by atoms with Gasteiger partial charge in [-0.2, -0.15) is 0 Å². The van der Waals surface area contributed by atoms with Crippen LogP contribution < -0.4 is 10.2 Å². The molecule has 2 aromatic rings. The van der Waals surface area contributed by atoms with Crippen molar-refractivity contribution in [3.05, 3.63) is 53.7 Å². The molecule has 1 aromatic heterocycles. The summed E-state index contributed by atoms with van der Waals surface area (Å²) in [6.07, 6.45) is 1.95. The Morgan fingerprint density at radius 2 is 1.96 bits per heavy atom. The number of rotatable bonds is 5. The smallest absolute Gasteiger partial charge is 0.126 e. The van der Waals surface area contributed by atoms with Crippen LogP contribution in [0.3, 0.4) is 0 Å². The van der Waals surface area contributed by atoms with Gasteiger partial charge >= 0.3 is 0 Å². The molecule has 2 heterocycles. The number of hydrogen-bond donors (Lipinski definition) is 2. The van der Waals surface area contributed by atoms with Gasteiger partial charge in [0.25, 0.3) is 0 Å². The normalized spacial score (nSPS) is 16.9. The molecule has 0 spiro atoms. The van der Waals surface area contributed by atoms with Crippen molar-refractivity contribution in [1.29, 1.82) is 0 Å². The topological polar surface area (TPSA) is 51.6 Å². The van der Waals surface area contributed by atoms with E-state index >= 15 is 0 Å². The second-order valence-corrected chi connectivity index (χ2v) is 6.46. The van der Waals surface area contributed by atoms with Gasteiger partial charge in [0.2, 0.25) is 0 Å². The zero-order valence-electron chi connectivity index (χ0n) is 14.4. The minimum atomic E-state index is 0.0680. The number of aromatic nitrogens is 1. The van der Waals surface area contributed by atoms with Crippen LogP contribution in [0.4, 0.5) is 11.5 Å². The van der Waals surface area contributed by atoms with E-state index in [0.29, 0.717) is 0 Å². The van der Waals surface area contributed by atoms with Crippen LogP contribution >= 0.6 is 0 Å². The molecule has 24 heavy (non-hydrogen) atoms. The molecule has 1 aromatic carbocycles. The van der Waals surface area contributed by atoms with Crippen LogP contribution in [0.15, 0.2) is 42.6 Å². The van der Waals surface area contributed by atoms with Crippen molar-refractivity contribution in [2.24, 2.45) is 0 Å². The molecular weight excluding hydrogens is 300 g/mol. The number of likely N-dealkylation sites (N-methyl/N-ethyl adjacent to an activating group) is 1. The Labute approximate surface area is 143 Å². The third-order valence-corrected chi connectivity index (χ3v) is 4.61. The Bertz CT molecular complexity index is 651. The minimum Gasteiger partial charge on any atom is -0.392 e. The Hall–Kier alpha value is -2.11. The molecule has 0 amide bonds. The Kier molecular flexibility index (Phi) is 5.33. The van der Waals surface area contributed by atoms with Gasteiger partial charge < -0.3 is 20.2 Å². The summed E-state index contributed by atoms with van der Waals surface area (Å²) in [5, 5.41) is 12.7. The fourth-order valence-corrected chi connectivity index (χ4v) is 2.99. The maximum atomic E-state index is 9.26. The van der Waals surface area contributed by atoms with Crippen LogP contribution in [0.25, 0.3) is 0 Å². The van der Waals surface area contributed by atoms with E-state index in [4.69, 9.17) is 0 Å². The molecule has 1 saturated heterocycles. The summed E-state index contributed by atoms with van der Waals surface area (Å²) in [5.41, 5.74) is 3.26. The highest BCUT2D eigenvalue weighted by atomic mass is 16.3. The maximum Gasteiger partial charge on any atom is 0.126 e. The van der Waals surface area contributed by atoms with Gasteiger partial charge in [-0.15, -0.1) is 0 Å². The summed E-state index contributed by atoms with van der Waals surface area (Å²) in [6, 6.07) is 12.3. The van der Waals surface area contributed by atoms with Gasteiger partial charge in [0.15, 0.2) is 0 Å². The fraction of sp³-hybridized carbons (Fsp3) is 0.421. The average Bonchev–Trinajstić information content (AvgIpc) is 2.63. The van der Waals surface area contributed by atoms with Crippen molar-refractivity contribution in [3.63, 3.8) is 0 Å². The van der Waals surface area contributed by atoms with Crippen LogP contribution in [0.5, 0.6) is 0 Å². The van der Waals surface area contributed by atoms with Gasteiger partial charge in [-0.05, 0) is 37.2 Å². The number of benzene rings is 1. The van der Waals surface area contributed by atoms with E-state index < -0.39 is 0 Å². The lowest BCUT2D eigenvalue weighted by molar-refractivity contribution is 0.281. The van der Waals surface area contributed by atoms with Crippen LogP contribution in [0, 0.1) is 0 Å². The van der Waals surface area contributed by atoms with Crippen LogP contribution in [-0.2, 0) is 6.61 Å². The zero-order valence-corrected chi connectivity index (χ0v) is 14.4. The van der Waals surface area contributed by atoms with E-state index in [0.717, 1.165) is 43.1 Å². The highest BCUT2D eigenvalue weighted by Gasteiger charge is 2.14. The highest BCUT2D eigenvalue weighted by Crippen LogP contribution is 2.21. The van der Waals surface area contributed by atoms with Crippen molar-refractivity contribution < 1.29 is 5.11 Å². The first kappa shape index (κ1) is 16.7. The molecule has 0 aliphatic carbocycles. The number of aliphatic hydroxyl groups is 1. The first-order valence-corrected chi connectivity index (χ1v) is 8.51. The van der Waals surface area contributed by atoms with Gasteiger partial charge in [0.05, 0.1) is 18.5 Å². The standard InChI is InChI=1S/C19H26N4O/c1-15(17-5-3-4-16(12-17)14-24)21-19-7-6-18(13-20-19)23-10-8-22(2)9-11-23/h3-7,12-13,15,24H,8-11,14H2,1-2H3,(H,20,21). The summed E-state index contributed by atoms with van der Waals surface area (Å²) in [4.78, 5) is 9.29. The maximum absolute atomic E-state index is 9.26. The van der Waals surface area contributed by atoms with Gasteiger partial charge in [-0.1, -0.05) is 24.3 Å². The largest absolute Gasteiger partial charge is 0.392 e. The summed E-state index contributed by atoms with van der Waals surface area (Å²) < 4.78 is 0. The molecule has 1 atom stereocenters. The quantitative estimate of drug-likeness (QED) is 0.884. The van der Waals surface area contributed by atoms with Gasteiger partial charge in [-0.3, -0.25) is 0 Å². The Morgan fingerprint density at radius 3 is 2.62 bits per heavy atom. The summed E-state index contributed by atoms with van der Waals surface area (Å²) in [5.74, 6) is 0.870. The Balaban J connectivity index is 1.63. The van der Waals surface area contributed by atoms with Gasteiger partial charge in [0, 0.05) is 32.2 Å². The molecule has 3 rings (SSSR count). The number of pyridine rings is 1. The molecule has 1 aliphatic rings. The molecule has 1 unspecified atom stereocenters. The van der Waals surface area contributed by atoms with Gasteiger partial charge in [0.1, 0.15) is 5.82 Å². The number of hydrogen-bond acceptors (Lipinski definition) is 5. The number of nitrogens with zero attached hydrogens (tertiary/aromatic N) is 3. The lowest BCUT2D eigenvalue weighted by Crippen LogP contribution is -2.44. The summed E-state index contributed by atoms with van der Waals surface area (Å²) >= 11 is 0. The number of aliphatic hydroxyl groups excluding tert-OH is 1. The van der Waals surface area contributed by atoms with Crippen LogP contribution in [0.2, 0.25) is 0 Å². The van der Waals surface area contributed by atoms with E-state index in [9.17, 15) is 5.11 Å². The van der Waals surface area contributed by atoms with Gasteiger partial charge in [-0.25, -0.2) is 4.98 Å². The minimum absolute atomic E-state index is 0.0680. The first-order valence-electron chi connectivity index (χ1n) is 8.51. The fourth-order valence-electron chi connectivity index (χ4n) is 2.99. The van der Waals surface area contributed by atoms with Crippen molar-refractivity contribution in [2.45, 2.75) is 19.6 Å². The lowest BCUT2D eigenvalue weighted by Gasteiger charge is -2.33. The molecule has 5 nitrogen and oxygen atoms in total. The van der Waals surface area contributed by atoms with E-state index in [2.05, 4.69) is 46.2 Å². The Morgan fingerprint density at radius 1 is 1.17 bits per heavy atom. The highest BCUT2D eigenvalue weighted by molar-refractivity contribution is 5.50. The number of anilines is 2. The third-order valence-electron chi connectivity index (χ3n) is 4.61. The first-order chi connectivity index (χ1) is 11.7. The van der Waals surface area contributed by atoms with Crippen molar-refractivity contribution in [1.82, 2.24) is 9.88 Å². The monoisotopic (exact) mass is 326 g/mol. The molecule has 128 valence electrons. The molecule has 5 heteroatoms. The van der Waals surface area contributed by atoms with E-state index in [1.54, 1.807) is 0 Å². The molecular formula is C19H26N4O. The third kappa shape index (κ3) is 4.04. The number of nitrogens with one attached hydrogen (secondary N) is 1. The van der Waals surface area contributed by atoms with Crippen molar-refractivity contribution in [2.75, 3.05) is 43.4 Å².